The summed E-state index contributed by atoms with van der Waals surface area (Å²) >= 11 is 1.35. The molecule has 122 valence electrons. The number of hydrogen-bond acceptors (Lipinski definition) is 3. The molecule has 0 saturated heterocycles. The van der Waals surface area contributed by atoms with Crippen LogP contribution >= 0.6 is 11.3 Å². The quantitative estimate of drug-likeness (QED) is 0.548. The standard InChI is InChI=1S/C18H28N2OS/c1-3-5-7-8-11-15(10-6-4-2)14-16-17-19-12-9-13-20(17)18(21)22-16/h12,14H,3-11,13H2,1-2H3/b15-14+. The zero-order valence-corrected chi connectivity index (χ0v) is 14.8. The summed E-state index contributed by atoms with van der Waals surface area (Å²) in [6.07, 6.45) is 15.0. The summed E-state index contributed by atoms with van der Waals surface area (Å²) in [6, 6.07) is 0. The summed E-state index contributed by atoms with van der Waals surface area (Å²) < 4.78 is 1.82. The molecule has 0 amide bonds. The van der Waals surface area contributed by atoms with Gasteiger partial charge in [0.05, 0.1) is 4.88 Å². The number of hydrogen-bond donors (Lipinski definition) is 0. The first kappa shape index (κ1) is 17.2. The molecule has 2 rings (SSSR count). The molecule has 0 unspecified atom stereocenters. The maximum atomic E-state index is 12.1. The molecule has 0 N–H and O–H groups in total. The highest BCUT2D eigenvalue weighted by Gasteiger charge is 2.15. The molecule has 4 heteroatoms. The van der Waals surface area contributed by atoms with E-state index in [9.17, 15) is 4.79 Å². The number of aromatic nitrogens is 1. The van der Waals surface area contributed by atoms with Crippen LogP contribution < -0.4 is 4.87 Å². The molecule has 0 spiro atoms. The van der Waals surface area contributed by atoms with E-state index in [2.05, 4.69) is 24.9 Å². The number of allylic oxidation sites excluding steroid dienone is 1. The van der Waals surface area contributed by atoms with E-state index in [1.165, 1.54) is 55.4 Å². The second-order valence-corrected chi connectivity index (χ2v) is 7.02. The Hall–Kier alpha value is -1.16. The minimum atomic E-state index is 0.138. The molecule has 1 aromatic heterocycles. The molecular weight excluding hydrogens is 292 g/mol. The van der Waals surface area contributed by atoms with E-state index in [4.69, 9.17) is 0 Å². The van der Waals surface area contributed by atoms with Gasteiger partial charge in [0.1, 0.15) is 0 Å². The number of aliphatic imine (C=N–C) groups is 1. The van der Waals surface area contributed by atoms with Gasteiger partial charge < -0.3 is 0 Å². The Kier molecular flexibility index (Phi) is 7.10. The first-order valence-electron chi connectivity index (χ1n) is 8.71. The minimum Gasteiger partial charge on any atom is -0.283 e. The fourth-order valence-corrected chi connectivity index (χ4v) is 3.77. The smallest absolute Gasteiger partial charge is 0.283 e. The third-order valence-electron chi connectivity index (χ3n) is 4.13. The number of unbranched alkanes of at least 4 members (excludes halogenated alkanes) is 4. The summed E-state index contributed by atoms with van der Waals surface area (Å²) in [4.78, 5) is 17.7. The van der Waals surface area contributed by atoms with Crippen LogP contribution in [-0.4, -0.2) is 10.8 Å². The summed E-state index contributed by atoms with van der Waals surface area (Å²) in [5, 5.41) is 0. The van der Waals surface area contributed by atoms with Crippen molar-refractivity contribution in [3.63, 3.8) is 0 Å². The number of fused-ring (bicyclic) bond motifs is 1. The topological polar surface area (TPSA) is 34.4 Å². The van der Waals surface area contributed by atoms with Crippen LogP contribution in [0.2, 0.25) is 0 Å². The van der Waals surface area contributed by atoms with Gasteiger partial charge in [0.15, 0.2) is 5.82 Å². The number of rotatable bonds is 9. The van der Waals surface area contributed by atoms with Gasteiger partial charge in [0.25, 0.3) is 0 Å². The van der Waals surface area contributed by atoms with Crippen molar-refractivity contribution in [1.29, 1.82) is 0 Å². The van der Waals surface area contributed by atoms with E-state index in [0.717, 1.165) is 36.5 Å². The first-order valence-corrected chi connectivity index (χ1v) is 9.53. The summed E-state index contributed by atoms with van der Waals surface area (Å²) in [5.41, 5.74) is 1.49. The Morgan fingerprint density at radius 1 is 1.23 bits per heavy atom. The molecule has 3 nitrogen and oxygen atoms in total. The highest BCUT2D eigenvalue weighted by Crippen LogP contribution is 2.29. The number of nitrogens with zero attached hydrogens (tertiary/aromatic N) is 2. The Balaban J connectivity index is 2.14. The van der Waals surface area contributed by atoms with Crippen molar-refractivity contribution < 1.29 is 0 Å². The van der Waals surface area contributed by atoms with Gasteiger partial charge >= 0.3 is 4.87 Å². The molecule has 1 aliphatic heterocycles. The average Bonchev–Trinajstić information content (AvgIpc) is 2.85. The van der Waals surface area contributed by atoms with Crippen molar-refractivity contribution in [2.45, 2.75) is 78.2 Å². The lowest BCUT2D eigenvalue weighted by atomic mass is 10.0. The molecule has 1 aromatic rings. The third-order valence-corrected chi connectivity index (χ3v) is 5.04. The van der Waals surface area contributed by atoms with Crippen LogP contribution in [0.1, 0.15) is 76.5 Å². The lowest BCUT2D eigenvalue weighted by Gasteiger charge is -2.09. The molecule has 0 fully saturated rings. The van der Waals surface area contributed by atoms with Gasteiger partial charge in [0.2, 0.25) is 0 Å². The second kappa shape index (κ2) is 9.09. The third kappa shape index (κ3) is 4.67. The Morgan fingerprint density at radius 3 is 2.77 bits per heavy atom. The first-order chi connectivity index (χ1) is 10.8. The second-order valence-electron chi connectivity index (χ2n) is 6.02. The Morgan fingerprint density at radius 2 is 2.00 bits per heavy atom. The van der Waals surface area contributed by atoms with Crippen LogP contribution in [0.4, 0.5) is 5.82 Å². The fraction of sp³-hybridized carbons (Fsp3) is 0.667. The summed E-state index contributed by atoms with van der Waals surface area (Å²) in [5.74, 6) is 0.879. The van der Waals surface area contributed by atoms with Crippen molar-refractivity contribution in [1.82, 2.24) is 4.57 Å². The largest absolute Gasteiger partial charge is 0.309 e. The molecular formula is C18H28N2OS. The zero-order valence-electron chi connectivity index (χ0n) is 13.9. The maximum Gasteiger partial charge on any atom is 0.309 e. The minimum absolute atomic E-state index is 0.138. The predicted molar refractivity (Wildman–Crippen MR) is 97.6 cm³/mol. The highest BCUT2D eigenvalue weighted by molar-refractivity contribution is 7.10. The van der Waals surface area contributed by atoms with Gasteiger partial charge in [-0.25, -0.2) is 4.99 Å². The van der Waals surface area contributed by atoms with Crippen molar-refractivity contribution in [3.8, 4) is 0 Å². The van der Waals surface area contributed by atoms with E-state index >= 15 is 0 Å². The molecule has 0 aromatic carbocycles. The normalized spacial score (nSPS) is 14.4. The Bertz CT molecular complexity index is 580. The molecule has 22 heavy (non-hydrogen) atoms. The fourth-order valence-electron chi connectivity index (χ4n) is 2.81. The van der Waals surface area contributed by atoms with Crippen LogP contribution in [0.5, 0.6) is 0 Å². The van der Waals surface area contributed by atoms with Gasteiger partial charge in [0, 0.05) is 19.2 Å². The molecule has 0 aliphatic carbocycles. The summed E-state index contributed by atoms with van der Waals surface area (Å²) in [6.45, 7) is 5.26. The van der Waals surface area contributed by atoms with E-state index in [0.29, 0.717) is 0 Å². The molecule has 0 saturated carbocycles. The van der Waals surface area contributed by atoms with Crippen LogP contribution in [0.3, 0.4) is 0 Å². The predicted octanol–water partition coefficient (Wildman–Crippen LogP) is 5.56. The van der Waals surface area contributed by atoms with Crippen LogP contribution in [0.15, 0.2) is 15.4 Å². The lowest BCUT2D eigenvalue weighted by molar-refractivity contribution is 0.647. The van der Waals surface area contributed by atoms with Gasteiger partial charge in [-0.05, 0) is 31.8 Å². The highest BCUT2D eigenvalue weighted by atomic mass is 32.1. The van der Waals surface area contributed by atoms with E-state index in [-0.39, 0.29) is 4.87 Å². The van der Waals surface area contributed by atoms with E-state index < -0.39 is 0 Å². The average molecular weight is 321 g/mol. The lowest BCUT2D eigenvalue weighted by Crippen LogP contribution is -2.14. The monoisotopic (exact) mass is 320 g/mol. The van der Waals surface area contributed by atoms with E-state index in [1.54, 1.807) is 0 Å². The molecule has 2 heterocycles. The van der Waals surface area contributed by atoms with Gasteiger partial charge in [-0.15, -0.1) is 0 Å². The van der Waals surface area contributed by atoms with Gasteiger partial charge in [-0.2, -0.15) is 0 Å². The van der Waals surface area contributed by atoms with E-state index in [1.807, 2.05) is 10.8 Å². The SMILES string of the molecule is CCCCCC/C(=C/c1sc(=O)n2c1N=CCC2)CCCC. The number of thiazole rings is 1. The Labute approximate surface area is 137 Å². The molecule has 0 radical (unpaired) electrons. The molecule has 1 aliphatic rings. The van der Waals surface area contributed by atoms with Crippen LogP contribution in [-0.2, 0) is 6.54 Å². The van der Waals surface area contributed by atoms with Crippen molar-refractivity contribution in [2.75, 3.05) is 0 Å². The van der Waals surface area contributed by atoms with Crippen molar-refractivity contribution in [2.24, 2.45) is 4.99 Å². The van der Waals surface area contributed by atoms with Crippen LogP contribution in [0, 0.1) is 0 Å². The zero-order chi connectivity index (χ0) is 15.8. The van der Waals surface area contributed by atoms with Crippen LogP contribution in [0.25, 0.3) is 6.08 Å². The van der Waals surface area contributed by atoms with Crippen molar-refractivity contribution in [3.05, 3.63) is 20.1 Å². The van der Waals surface area contributed by atoms with Crippen molar-refractivity contribution >= 4 is 29.4 Å². The maximum absolute atomic E-state index is 12.1. The summed E-state index contributed by atoms with van der Waals surface area (Å²) in [7, 11) is 0. The molecule has 0 atom stereocenters. The van der Waals surface area contributed by atoms with Gasteiger partial charge in [-0.1, -0.05) is 56.4 Å². The molecule has 0 bridgehead atoms. The van der Waals surface area contributed by atoms with Gasteiger partial charge in [-0.3, -0.25) is 9.36 Å².